The minimum atomic E-state index is -0.772. The fraction of sp³-hybridized carbons (Fsp3) is 0.444. The molecular formula is C18H23NO4. The molecule has 0 aliphatic carbocycles. The molecule has 2 rings (SSSR count). The second kappa shape index (κ2) is 8.36. The summed E-state index contributed by atoms with van der Waals surface area (Å²) in [6.07, 6.45) is 6.10. The maximum Gasteiger partial charge on any atom is 0.303 e. The van der Waals surface area contributed by atoms with Crippen LogP contribution in [-0.2, 0) is 9.59 Å². The van der Waals surface area contributed by atoms with Crippen molar-refractivity contribution in [3.05, 3.63) is 35.9 Å². The van der Waals surface area contributed by atoms with Gasteiger partial charge in [0.2, 0.25) is 5.91 Å². The van der Waals surface area contributed by atoms with Gasteiger partial charge in [-0.2, -0.15) is 0 Å². The number of methoxy groups -OCH3 is 1. The van der Waals surface area contributed by atoms with Gasteiger partial charge >= 0.3 is 5.97 Å². The van der Waals surface area contributed by atoms with E-state index in [0.717, 1.165) is 30.7 Å². The zero-order valence-corrected chi connectivity index (χ0v) is 13.4. The molecule has 1 N–H and O–H groups in total. The Hall–Kier alpha value is -2.30. The molecule has 0 saturated carbocycles. The molecular weight excluding hydrogens is 294 g/mol. The summed E-state index contributed by atoms with van der Waals surface area (Å²) in [5, 5.41) is 8.77. The van der Waals surface area contributed by atoms with Gasteiger partial charge in [0.1, 0.15) is 5.75 Å². The Morgan fingerprint density at radius 2 is 2.26 bits per heavy atom. The van der Waals surface area contributed by atoms with Crippen molar-refractivity contribution in [1.29, 1.82) is 0 Å². The molecule has 5 heteroatoms. The molecule has 1 amide bonds. The van der Waals surface area contributed by atoms with E-state index < -0.39 is 5.97 Å². The highest BCUT2D eigenvalue weighted by Crippen LogP contribution is 2.21. The van der Waals surface area contributed by atoms with Gasteiger partial charge in [0.25, 0.3) is 0 Å². The summed E-state index contributed by atoms with van der Waals surface area (Å²) in [7, 11) is 1.61. The van der Waals surface area contributed by atoms with Crippen molar-refractivity contribution >= 4 is 18.0 Å². The van der Waals surface area contributed by atoms with Crippen LogP contribution >= 0.6 is 0 Å². The third-order valence-corrected chi connectivity index (χ3v) is 4.11. The molecule has 1 aromatic rings. The van der Waals surface area contributed by atoms with Crippen molar-refractivity contribution in [3.8, 4) is 5.75 Å². The Labute approximate surface area is 136 Å². The van der Waals surface area contributed by atoms with Crippen LogP contribution in [-0.4, -0.2) is 42.1 Å². The maximum atomic E-state index is 12.3. The number of hydrogen-bond donors (Lipinski definition) is 1. The molecule has 1 aromatic carbocycles. The average Bonchev–Trinajstić information content (AvgIpc) is 2.58. The summed E-state index contributed by atoms with van der Waals surface area (Å²) in [4.78, 5) is 24.8. The van der Waals surface area contributed by atoms with E-state index in [1.807, 2.05) is 29.2 Å². The summed E-state index contributed by atoms with van der Waals surface area (Å²) < 4.78 is 5.16. The quantitative estimate of drug-likeness (QED) is 0.819. The molecule has 124 valence electrons. The largest absolute Gasteiger partial charge is 0.497 e. The van der Waals surface area contributed by atoms with Gasteiger partial charge in [-0.15, -0.1) is 0 Å². The molecule has 0 radical (unpaired) electrons. The summed E-state index contributed by atoms with van der Waals surface area (Å²) in [5.74, 6) is 0.250. The molecule has 0 spiro atoms. The van der Waals surface area contributed by atoms with Crippen molar-refractivity contribution in [2.24, 2.45) is 5.92 Å². The molecule has 1 atom stereocenters. The van der Waals surface area contributed by atoms with Crippen LogP contribution in [0, 0.1) is 5.92 Å². The van der Waals surface area contributed by atoms with Gasteiger partial charge in [0.15, 0.2) is 0 Å². The number of aliphatic carboxylic acids is 1. The summed E-state index contributed by atoms with van der Waals surface area (Å²) in [5.41, 5.74) is 0.914. The molecule has 1 aliphatic rings. The zero-order chi connectivity index (χ0) is 16.7. The number of hydrogen-bond acceptors (Lipinski definition) is 3. The fourth-order valence-electron chi connectivity index (χ4n) is 2.85. The minimum Gasteiger partial charge on any atom is -0.497 e. The van der Waals surface area contributed by atoms with Gasteiger partial charge in [-0.05, 0) is 49.0 Å². The Balaban J connectivity index is 1.91. The molecule has 23 heavy (non-hydrogen) atoms. The van der Waals surface area contributed by atoms with Crippen molar-refractivity contribution in [2.75, 3.05) is 20.2 Å². The highest BCUT2D eigenvalue weighted by atomic mass is 16.5. The lowest BCUT2D eigenvalue weighted by Gasteiger charge is -2.32. The monoisotopic (exact) mass is 317 g/mol. The third-order valence-electron chi connectivity index (χ3n) is 4.11. The van der Waals surface area contributed by atoms with Crippen LogP contribution in [0.4, 0.5) is 0 Å². The van der Waals surface area contributed by atoms with Gasteiger partial charge in [0, 0.05) is 25.6 Å². The first-order chi connectivity index (χ1) is 11.1. The predicted octanol–water partition coefficient (Wildman–Crippen LogP) is 2.81. The third kappa shape index (κ3) is 5.43. The van der Waals surface area contributed by atoms with Gasteiger partial charge in [-0.3, -0.25) is 9.59 Å². The first-order valence-electron chi connectivity index (χ1n) is 7.91. The summed E-state index contributed by atoms with van der Waals surface area (Å²) >= 11 is 0. The lowest BCUT2D eigenvalue weighted by atomic mass is 9.93. The number of carboxylic acids is 1. The molecule has 1 aliphatic heterocycles. The van der Waals surface area contributed by atoms with Crippen LogP contribution in [0.3, 0.4) is 0 Å². The number of carbonyl (C=O) groups excluding carboxylic acids is 1. The van der Waals surface area contributed by atoms with E-state index in [0.29, 0.717) is 13.0 Å². The number of piperidine rings is 1. The minimum absolute atomic E-state index is 0.0205. The van der Waals surface area contributed by atoms with Crippen LogP contribution in [0.5, 0.6) is 5.75 Å². The van der Waals surface area contributed by atoms with Crippen molar-refractivity contribution in [2.45, 2.75) is 25.7 Å². The van der Waals surface area contributed by atoms with E-state index in [1.54, 1.807) is 19.3 Å². The molecule has 1 fully saturated rings. The highest BCUT2D eigenvalue weighted by molar-refractivity contribution is 5.91. The van der Waals surface area contributed by atoms with E-state index in [9.17, 15) is 9.59 Å². The topological polar surface area (TPSA) is 66.8 Å². The zero-order valence-electron chi connectivity index (χ0n) is 13.4. The number of ether oxygens (including phenoxy) is 1. The molecule has 1 heterocycles. The lowest BCUT2D eigenvalue weighted by molar-refractivity contribution is -0.137. The average molecular weight is 317 g/mol. The number of likely N-dealkylation sites (tertiary alicyclic amines) is 1. The van der Waals surface area contributed by atoms with Gasteiger partial charge < -0.3 is 14.7 Å². The van der Waals surface area contributed by atoms with E-state index in [1.165, 1.54) is 0 Å². The molecule has 5 nitrogen and oxygen atoms in total. The van der Waals surface area contributed by atoms with Gasteiger partial charge in [-0.1, -0.05) is 12.1 Å². The van der Waals surface area contributed by atoms with Crippen LogP contribution in [0.1, 0.15) is 31.2 Å². The second-order valence-corrected chi connectivity index (χ2v) is 5.83. The van der Waals surface area contributed by atoms with Crippen LogP contribution in [0.2, 0.25) is 0 Å². The number of carbonyl (C=O) groups is 2. The van der Waals surface area contributed by atoms with E-state index in [-0.39, 0.29) is 18.2 Å². The van der Waals surface area contributed by atoms with Gasteiger partial charge in [-0.25, -0.2) is 0 Å². The van der Waals surface area contributed by atoms with E-state index >= 15 is 0 Å². The first-order valence-corrected chi connectivity index (χ1v) is 7.91. The molecule has 0 aromatic heterocycles. The standard InChI is InChI=1S/C18H23NO4/c1-23-16-6-2-4-14(12-16)7-9-17(20)19-11-3-5-15(13-19)8-10-18(21)22/h2,4,6-7,9,12,15H,3,5,8,10-11,13H2,1H3,(H,21,22). The predicted molar refractivity (Wildman–Crippen MR) is 88.2 cm³/mol. The number of benzene rings is 1. The van der Waals surface area contributed by atoms with E-state index in [4.69, 9.17) is 9.84 Å². The Bertz CT molecular complexity index is 582. The van der Waals surface area contributed by atoms with E-state index in [2.05, 4.69) is 0 Å². The summed E-state index contributed by atoms with van der Waals surface area (Å²) in [6.45, 7) is 1.39. The first kappa shape index (κ1) is 17.1. The molecule has 0 bridgehead atoms. The number of amides is 1. The Morgan fingerprint density at radius 1 is 1.43 bits per heavy atom. The van der Waals surface area contributed by atoms with Crippen LogP contribution in [0.25, 0.3) is 6.08 Å². The lowest BCUT2D eigenvalue weighted by Crippen LogP contribution is -2.39. The van der Waals surface area contributed by atoms with Crippen LogP contribution in [0.15, 0.2) is 30.3 Å². The highest BCUT2D eigenvalue weighted by Gasteiger charge is 2.22. The normalized spacial score (nSPS) is 18.1. The smallest absolute Gasteiger partial charge is 0.303 e. The van der Waals surface area contributed by atoms with Crippen LogP contribution < -0.4 is 4.74 Å². The summed E-state index contributed by atoms with van der Waals surface area (Å²) in [6, 6.07) is 7.52. The van der Waals surface area contributed by atoms with Crippen molar-refractivity contribution in [1.82, 2.24) is 4.90 Å². The van der Waals surface area contributed by atoms with Gasteiger partial charge in [0.05, 0.1) is 7.11 Å². The molecule has 1 unspecified atom stereocenters. The Kier molecular flexibility index (Phi) is 6.20. The fourth-order valence-corrected chi connectivity index (χ4v) is 2.85. The molecule has 1 saturated heterocycles. The Morgan fingerprint density at radius 3 is 3.00 bits per heavy atom. The second-order valence-electron chi connectivity index (χ2n) is 5.83. The number of nitrogens with zero attached hydrogens (tertiary/aromatic N) is 1. The number of carboxylic acid groups (broad SMARTS) is 1. The van der Waals surface area contributed by atoms with Crippen molar-refractivity contribution in [3.63, 3.8) is 0 Å². The number of rotatable bonds is 6. The van der Waals surface area contributed by atoms with Crippen molar-refractivity contribution < 1.29 is 19.4 Å². The maximum absolute atomic E-state index is 12.3. The SMILES string of the molecule is COc1cccc(C=CC(=O)N2CCCC(CCC(=O)O)C2)c1.